The van der Waals surface area contributed by atoms with Gasteiger partial charge in [-0.2, -0.15) is 0 Å². The second-order valence-electron chi connectivity index (χ2n) is 4.23. The molecule has 2 aromatic rings. The third-order valence-electron chi connectivity index (χ3n) is 3.07. The smallest absolute Gasteiger partial charge is 0.0798 e. The Hall–Kier alpha value is -1.20. The number of rotatable bonds is 4. The lowest BCUT2D eigenvalue weighted by atomic mass is 9.99. The first-order chi connectivity index (χ1) is 8.65. The van der Waals surface area contributed by atoms with Crippen LogP contribution >= 0.6 is 15.9 Å². The minimum Gasteiger partial charge on any atom is -0.305 e. The SMILES string of the molecule is CCNC(c1cccc(Br)c1C)c1cnnn1C. The summed E-state index contributed by atoms with van der Waals surface area (Å²) in [6.07, 6.45) is 1.81. The van der Waals surface area contributed by atoms with Crippen molar-refractivity contribution in [2.75, 3.05) is 6.54 Å². The highest BCUT2D eigenvalue weighted by Gasteiger charge is 2.19. The Morgan fingerprint density at radius 1 is 1.44 bits per heavy atom. The lowest BCUT2D eigenvalue weighted by molar-refractivity contribution is 0.566. The molecule has 1 atom stereocenters. The van der Waals surface area contributed by atoms with Gasteiger partial charge in [-0.25, -0.2) is 0 Å². The Morgan fingerprint density at radius 3 is 2.83 bits per heavy atom. The van der Waals surface area contributed by atoms with Crippen molar-refractivity contribution in [1.29, 1.82) is 0 Å². The summed E-state index contributed by atoms with van der Waals surface area (Å²) in [5.41, 5.74) is 3.55. The van der Waals surface area contributed by atoms with Crippen molar-refractivity contribution in [3.8, 4) is 0 Å². The number of aromatic nitrogens is 3. The highest BCUT2D eigenvalue weighted by atomic mass is 79.9. The topological polar surface area (TPSA) is 42.7 Å². The Balaban J connectivity index is 2.48. The molecule has 0 spiro atoms. The number of nitrogens with one attached hydrogen (secondary N) is 1. The number of hydrogen-bond donors (Lipinski definition) is 1. The summed E-state index contributed by atoms with van der Waals surface area (Å²) in [5.74, 6) is 0. The Morgan fingerprint density at radius 2 is 2.22 bits per heavy atom. The van der Waals surface area contributed by atoms with Crippen LogP contribution in [0, 0.1) is 6.92 Å². The molecule has 0 bridgehead atoms. The van der Waals surface area contributed by atoms with Gasteiger partial charge in [-0.3, -0.25) is 4.68 Å². The van der Waals surface area contributed by atoms with Crippen molar-refractivity contribution in [1.82, 2.24) is 20.3 Å². The largest absolute Gasteiger partial charge is 0.305 e. The first-order valence-corrected chi connectivity index (χ1v) is 6.77. The van der Waals surface area contributed by atoms with Crippen LogP contribution in [0.3, 0.4) is 0 Å². The average molecular weight is 309 g/mol. The quantitative estimate of drug-likeness (QED) is 0.944. The second kappa shape index (κ2) is 5.63. The molecule has 96 valence electrons. The molecule has 0 fully saturated rings. The van der Waals surface area contributed by atoms with Gasteiger partial charge in [0.15, 0.2) is 0 Å². The third-order valence-corrected chi connectivity index (χ3v) is 3.93. The van der Waals surface area contributed by atoms with Gasteiger partial charge in [-0.15, -0.1) is 5.10 Å². The van der Waals surface area contributed by atoms with Gasteiger partial charge in [0.1, 0.15) is 0 Å². The van der Waals surface area contributed by atoms with Crippen molar-refractivity contribution in [3.05, 3.63) is 45.7 Å². The van der Waals surface area contributed by atoms with E-state index in [4.69, 9.17) is 0 Å². The van der Waals surface area contributed by atoms with Gasteiger partial charge in [0, 0.05) is 11.5 Å². The normalized spacial score (nSPS) is 12.7. The summed E-state index contributed by atoms with van der Waals surface area (Å²) in [7, 11) is 1.92. The van der Waals surface area contributed by atoms with E-state index in [-0.39, 0.29) is 6.04 Å². The van der Waals surface area contributed by atoms with E-state index in [0.717, 1.165) is 16.7 Å². The van der Waals surface area contributed by atoms with Crippen LogP contribution in [0.1, 0.15) is 29.8 Å². The van der Waals surface area contributed by atoms with Crippen LogP contribution < -0.4 is 5.32 Å². The molecule has 1 aromatic carbocycles. The first-order valence-electron chi connectivity index (χ1n) is 5.98. The highest BCUT2D eigenvalue weighted by Crippen LogP contribution is 2.28. The molecule has 0 saturated heterocycles. The van der Waals surface area contributed by atoms with Crippen LogP contribution in [0.15, 0.2) is 28.9 Å². The highest BCUT2D eigenvalue weighted by molar-refractivity contribution is 9.10. The van der Waals surface area contributed by atoms with Gasteiger partial charge in [0.2, 0.25) is 0 Å². The van der Waals surface area contributed by atoms with Gasteiger partial charge >= 0.3 is 0 Å². The predicted molar refractivity (Wildman–Crippen MR) is 75.4 cm³/mol. The maximum Gasteiger partial charge on any atom is 0.0798 e. The first kappa shape index (κ1) is 13.2. The number of aryl methyl sites for hydroxylation is 1. The molecule has 1 N–H and O–H groups in total. The van der Waals surface area contributed by atoms with E-state index in [1.165, 1.54) is 11.1 Å². The van der Waals surface area contributed by atoms with E-state index in [1.807, 2.05) is 17.9 Å². The van der Waals surface area contributed by atoms with Crippen molar-refractivity contribution in [2.45, 2.75) is 19.9 Å². The van der Waals surface area contributed by atoms with Gasteiger partial charge in [-0.05, 0) is 30.7 Å². The van der Waals surface area contributed by atoms with Crippen LogP contribution in [0.2, 0.25) is 0 Å². The number of nitrogens with zero attached hydrogens (tertiary/aromatic N) is 3. The molecular formula is C13H17BrN4. The zero-order chi connectivity index (χ0) is 13.1. The summed E-state index contributed by atoms with van der Waals surface area (Å²) < 4.78 is 2.94. The summed E-state index contributed by atoms with van der Waals surface area (Å²) in [4.78, 5) is 0. The molecule has 0 aliphatic carbocycles. The summed E-state index contributed by atoms with van der Waals surface area (Å²) in [5, 5.41) is 11.5. The molecular weight excluding hydrogens is 292 g/mol. The monoisotopic (exact) mass is 308 g/mol. The zero-order valence-electron chi connectivity index (χ0n) is 10.8. The fourth-order valence-electron chi connectivity index (χ4n) is 2.07. The average Bonchev–Trinajstić information content (AvgIpc) is 2.76. The lowest BCUT2D eigenvalue weighted by Crippen LogP contribution is -2.25. The van der Waals surface area contributed by atoms with E-state index in [1.54, 1.807) is 0 Å². The Kier molecular flexibility index (Phi) is 4.14. The molecule has 0 radical (unpaired) electrons. The molecule has 0 amide bonds. The van der Waals surface area contributed by atoms with E-state index in [9.17, 15) is 0 Å². The van der Waals surface area contributed by atoms with Crippen molar-refractivity contribution in [3.63, 3.8) is 0 Å². The molecule has 0 saturated carbocycles. The van der Waals surface area contributed by atoms with Gasteiger partial charge < -0.3 is 5.32 Å². The molecule has 1 heterocycles. The van der Waals surface area contributed by atoms with Crippen LogP contribution in [0.5, 0.6) is 0 Å². The van der Waals surface area contributed by atoms with Crippen molar-refractivity contribution >= 4 is 15.9 Å². The van der Waals surface area contributed by atoms with Crippen LogP contribution in [0.4, 0.5) is 0 Å². The van der Waals surface area contributed by atoms with Crippen molar-refractivity contribution in [2.24, 2.45) is 7.05 Å². The maximum atomic E-state index is 4.01. The number of benzene rings is 1. The predicted octanol–water partition coefficient (Wildman–Crippen LogP) is 2.58. The van der Waals surface area contributed by atoms with Crippen LogP contribution in [-0.2, 0) is 7.05 Å². The van der Waals surface area contributed by atoms with E-state index >= 15 is 0 Å². The van der Waals surface area contributed by atoms with E-state index in [0.29, 0.717) is 0 Å². The standard InChI is InChI=1S/C13H17BrN4/c1-4-15-13(12-8-16-17-18(12)3)10-6-5-7-11(14)9(10)2/h5-8,13,15H,4H2,1-3H3. The minimum atomic E-state index is 0.118. The van der Waals surface area contributed by atoms with Gasteiger partial charge in [0.05, 0.1) is 17.9 Å². The molecule has 0 aliphatic heterocycles. The molecule has 5 heteroatoms. The molecule has 1 aromatic heterocycles. The molecule has 4 nitrogen and oxygen atoms in total. The van der Waals surface area contributed by atoms with Crippen LogP contribution in [0.25, 0.3) is 0 Å². The number of hydrogen-bond acceptors (Lipinski definition) is 3. The summed E-state index contributed by atoms with van der Waals surface area (Å²) in [6, 6.07) is 6.37. The Labute approximate surface area is 116 Å². The fraction of sp³-hybridized carbons (Fsp3) is 0.385. The minimum absolute atomic E-state index is 0.118. The zero-order valence-corrected chi connectivity index (χ0v) is 12.4. The molecule has 18 heavy (non-hydrogen) atoms. The van der Waals surface area contributed by atoms with Crippen molar-refractivity contribution < 1.29 is 0 Å². The third kappa shape index (κ3) is 2.47. The molecule has 0 aliphatic rings. The van der Waals surface area contributed by atoms with E-state index in [2.05, 4.69) is 63.6 Å². The molecule has 2 rings (SSSR count). The van der Waals surface area contributed by atoms with Crippen LogP contribution in [-0.4, -0.2) is 21.5 Å². The summed E-state index contributed by atoms with van der Waals surface area (Å²) >= 11 is 3.58. The van der Waals surface area contributed by atoms with Gasteiger partial charge in [-0.1, -0.05) is 40.2 Å². The fourth-order valence-corrected chi connectivity index (χ4v) is 2.46. The second-order valence-corrected chi connectivity index (χ2v) is 5.08. The van der Waals surface area contributed by atoms with Gasteiger partial charge in [0.25, 0.3) is 0 Å². The van der Waals surface area contributed by atoms with E-state index < -0.39 is 0 Å². The summed E-state index contributed by atoms with van der Waals surface area (Å²) in [6.45, 7) is 5.11. The maximum absolute atomic E-state index is 4.01. The number of halogens is 1. The molecule has 1 unspecified atom stereocenters. The Bertz CT molecular complexity index is 536. The lowest BCUT2D eigenvalue weighted by Gasteiger charge is -2.20.